The summed E-state index contributed by atoms with van der Waals surface area (Å²) in [6.45, 7) is 4.66. The molecule has 2 heterocycles. The van der Waals surface area contributed by atoms with Crippen LogP contribution in [0, 0.1) is 0 Å². The zero-order valence-corrected chi connectivity index (χ0v) is 15.8. The maximum absolute atomic E-state index is 12.2. The molecule has 7 heteroatoms. The molecule has 2 atom stereocenters. The van der Waals surface area contributed by atoms with Gasteiger partial charge in [0, 0.05) is 19.0 Å². The number of amides is 2. The zero-order chi connectivity index (χ0) is 19.8. The summed E-state index contributed by atoms with van der Waals surface area (Å²) < 4.78 is 1.70. The van der Waals surface area contributed by atoms with Crippen LogP contribution in [0.25, 0.3) is 0 Å². The number of carbonyl (C=O) groups is 2. The molecule has 0 bridgehead atoms. The van der Waals surface area contributed by atoms with Crippen LogP contribution in [-0.2, 0) is 17.6 Å². The van der Waals surface area contributed by atoms with Gasteiger partial charge in [-0.25, -0.2) is 4.68 Å². The Morgan fingerprint density at radius 1 is 1.21 bits per heavy atom. The van der Waals surface area contributed by atoms with Gasteiger partial charge >= 0.3 is 0 Å². The van der Waals surface area contributed by atoms with E-state index >= 15 is 0 Å². The molecule has 1 unspecified atom stereocenters. The van der Waals surface area contributed by atoms with Crippen molar-refractivity contribution >= 4 is 17.6 Å². The van der Waals surface area contributed by atoms with E-state index in [0.29, 0.717) is 30.2 Å². The summed E-state index contributed by atoms with van der Waals surface area (Å²) in [7, 11) is 0. The van der Waals surface area contributed by atoms with Crippen LogP contribution in [0.3, 0.4) is 0 Å². The number of nitrogen functional groups attached to an aromatic ring is 1. The van der Waals surface area contributed by atoms with Gasteiger partial charge in [0.25, 0.3) is 5.91 Å². The Labute approximate surface area is 164 Å². The fourth-order valence-corrected chi connectivity index (χ4v) is 4.48. The largest absolute Gasteiger partial charge is 0.383 e. The van der Waals surface area contributed by atoms with Gasteiger partial charge in [-0.3, -0.25) is 9.59 Å². The molecule has 0 spiro atoms. The first-order valence-corrected chi connectivity index (χ1v) is 9.65. The smallest absolute Gasteiger partial charge is 0.254 e. The van der Waals surface area contributed by atoms with Crippen molar-refractivity contribution in [3.8, 4) is 0 Å². The van der Waals surface area contributed by atoms with E-state index in [1.807, 2.05) is 6.07 Å². The number of anilines is 1. The SMILES string of the molecule is C=CC(=O)N1CC[C@@H](n2nc(C3CCc4ccccc4C3)c(C(N)=O)c2N)C1. The number of fused-ring (bicyclic) bond motifs is 1. The van der Waals surface area contributed by atoms with Crippen LogP contribution in [0.15, 0.2) is 36.9 Å². The lowest BCUT2D eigenvalue weighted by atomic mass is 9.81. The summed E-state index contributed by atoms with van der Waals surface area (Å²) in [6.07, 6.45) is 4.71. The third-order valence-electron chi connectivity index (χ3n) is 5.95. The van der Waals surface area contributed by atoms with Crippen molar-refractivity contribution < 1.29 is 9.59 Å². The van der Waals surface area contributed by atoms with Crippen LogP contribution in [-0.4, -0.2) is 39.6 Å². The average Bonchev–Trinajstić information content (AvgIpc) is 3.31. The van der Waals surface area contributed by atoms with Crippen molar-refractivity contribution in [2.75, 3.05) is 18.8 Å². The first-order valence-electron chi connectivity index (χ1n) is 9.65. The molecule has 1 aliphatic carbocycles. The highest BCUT2D eigenvalue weighted by Crippen LogP contribution is 2.37. The Bertz CT molecular complexity index is 948. The standard InChI is InChI=1S/C21H25N5O2/c1-2-17(27)25-10-9-16(12-25)26-20(22)18(21(23)28)19(24-26)15-8-7-13-5-3-4-6-14(13)11-15/h2-6,15-16H,1,7-12,22H2,(H2,23,28)/t15?,16-/m1/s1. The molecule has 2 aromatic rings. The van der Waals surface area contributed by atoms with Crippen molar-refractivity contribution in [1.29, 1.82) is 0 Å². The van der Waals surface area contributed by atoms with E-state index < -0.39 is 5.91 Å². The van der Waals surface area contributed by atoms with E-state index in [0.717, 1.165) is 25.7 Å². The minimum absolute atomic E-state index is 0.0633. The van der Waals surface area contributed by atoms with E-state index in [1.165, 1.54) is 17.2 Å². The van der Waals surface area contributed by atoms with Gasteiger partial charge in [0.15, 0.2) is 0 Å². The number of nitrogens with zero attached hydrogens (tertiary/aromatic N) is 3. The highest BCUT2D eigenvalue weighted by atomic mass is 16.2. The third-order valence-corrected chi connectivity index (χ3v) is 5.95. The number of rotatable bonds is 4. The number of hydrogen-bond acceptors (Lipinski definition) is 4. The first kappa shape index (κ1) is 18.3. The quantitative estimate of drug-likeness (QED) is 0.790. The lowest BCUT2D eigenvalue weighted by Crippen LogP contribution is -2.27. The van der Waals surface area contributed by atoms with E-state index in [2.05, 4.69) is 24.8 Å². The highest BCUT2D eigenvalue weighted by Gasteiger charge is 2.34. The number of carbonyl (C=O) groups excluding carboxylic acids is 2. The van der Waals surface area contributed by atoms with Gasteiger partial charge in [-0.2, -0.15) is 5.10 Å². The van der Waals surface area contributed by atoms with Gasteiger partial charge in [0.1, 0.15) is 11.4 Å². The molecule has 4 rings (SSSR count). The summed E-state index contributed by atoms with van der Waals surface area (Å²) in [5.41, 5.74) is 15.6. The predicted molar refractivity (Wildman–Crippen MR) is 107 cm³/mol. The Morgan fingerprint density at radius 2 is 1.96 bits per heavy atom. The fourth-order valence-electron chi connectivity index (χ4n) is 4.48. The topological polar surface area (TPSA) is 107 Å². The van der Waals surface area contributed by atoms with E-state index in [1.54, 1.807) is 9.58 Å². The molecule has 0 radical (unpaired) electrons. The molecule has 7 nitrogen and oxygen atoms in total. The second-order valence-electron chi connectivity index (χ2n) is 7.59. The van der Waals surface area contributed by atoms with Gasteiger partial charge in [-0.15, -0.1) is 0 Å². The fraction of sp³-hybridized carbons (Fsp3) is 0.381. The van der Waals surface area contributed by atoms with Crippen molar-refractivity contribution in [2.24, 2.45) is 5.73 Å². The molecule has 2 amide bonds. The number of hydrogen-bond donors (Lipinski definition) is 2. The monoisotopic (exact) mass is 379 g/mol. The molecule has 4 N–H and O–H groups in total. The molecular weight excluding hydrogens is 354 g/mol. The molecule has 28 heavy (non-hydrogen) atoms. The van der Waals surface area contributed by atoms with Crippen molar-refractivity contribution in [3.63, 3.8) is 0 Å². The molecule has 0 saturated carbocycles. The minimum Gasteiger partial charge on any atom is -0.383 e. The minimum atomic E-state index is -0.547. The molecule has 1 saturated heterocycles. The number of aromatic nitrogens is 2. The Kier molecular flexibility index (Phi) is 4.66. The summed E-state index contributed by atoms with van der Waals surface area (Å²) in [6, 6.07) is 8.30. The summed E-state index contributed by atoms with van der Waals surface area (Å²) in [4.78, 5) is 25.8. The highest BCUT2D eigenvalue weighted by molar-refractivity contribution is 5.98. The van der Waals surface area contributed by atoms with Crippen LogP contribution in [0.2, 0.25) is 0 Å². The zero-order valence-electron chi connectivity index (χ0n) is 15.8. The molecule has 1 aromatic carbocycles. The number of aryl methyl sites for hydroxylation is 1. The van der Waals surface area contributed by atoms with Crippen LogP contribution in [0.5, 0.6) is 0 Å². The van der Waals surface area contributed by atoms with Gasteiger partial charge in [0.2, 0.25) is 5.91 Å². The normalized spacial score (nSPS) is 21.4. The van der Waals surface area contributed by atoms with Crippen molar-refractivity contribution in [3.05, 3.63) is 59.3 Å². The van der Waals surface area contributed by atoms with Crippen LogP contribution in [0.4, 0.5) is 5.82 Å². The van der Waals surface area contributed by atoms with E-state index in [4.69, 9.17) is 16.6 Å². The Hall–Kier alpha value is -3.09. The maximum atomic E-state index is 12.2. The first-order chi connectivity index (χ1) is 13.5. The van der Waals surface area contributed by atoms with Gasteiger partial charge in [-0.05, 0) is 42.9 Å². The van der Waals surface area contributed by atoms with E-state index in [9.17, 15) is 9.59 Å². The summed E-state index contributed by atoms with van der Waals surface area (Å²) in [5.74, 6) is -0.241. The number of likely N-dealkylation sites (tertiary alicyclic amines) is 1. The second-order valence-corrected chi connectivity index (χ2v) is 7.59. The predicted octanol–water partition coefficient (Wildman–Crippen LogP) is 1.80. The van der Waals surface area contributed by atoms with Gasteiger partial charge in [-0.1, -0.05) is 30.8 Å². The Balaban J connectivity index is 1.66. The van der Waals surface area contributed by atoms with Crippen molar-refractivity contribution in [2.45, 2.75) is 37.6 Å². The van der Waals surface area contributed by atoms with Gasteiger partial charge < -0.3 is 16.4 Å². The lowest BCUT2D eigenvalue weighted by Gasteiger charge is -2.23. The molecule has 1 aromatic heterocycles. The molecule has 1 fully saturated rings. The lowest BCUT2D eigenvalue weighted by molar-refractivity contribution is -0.125. The number of primary amides is 1. The van der Waals surface area contributed by atoms with Crippen LogP contribution >= 0.6 is 0 Å². The Morgan fingerprint density at radius 3 is 2.68 bits per heavy atom. The molecule has 1 aliphatic heterocycles. The molecular formula is C21H25N5O2. The number of nitrogens with two attached hydrogens (primary N) is 2. The number of benzene rings is 1. The van der Waals surface area contributed by atoms with Crippen LogP contribution in [0.1, 0.15) is 52.0 Å². The van der Waals surface area contributed by atoms with Crippen LogP contribution < -0.4 is 11.5 Å². The maximum Gasteiger partial charge on any atom is 0.254 e. The van der Waals surface area contributed by atoms with Gasteiger partial charge in [0.05, 0.1) is 11.7 Å². The van der Waals surface area contributed by atoms with E-state index in [-0.39, 0.29) is 17.9 Å². The van der Waals surface area contributed by atoms with Crippen molar-refractivity contribution in [1.82, 2.24) is 14.7 Å². The second kappa shape index (κ2) is 7.14. The summed E-state index contributed by atoms with van der Waals surface area (Å²) >= 11 is 0. The summed E-state index contributed by atoms with van der Waals surface area (Å²) in [5, 5.41) is 4.76. The molecule has 2 aliphatic rings. The third kappa shape index (κ3) is 3.06. The molecule has 146 valence electrons. The average molecular weight is 379 g/mol.